The molecule has 12 heteroatoms. The van der Waals surface area contributed by atoms with Crippen molar-refractivity contribution in [2.75, 3.05) is 48.3 Å². The number of aromatic hydroxyl groups is 2. The fourth-order valence-electron chi connectivity index (χ4n) is 5.55. The number of rotatable bonds is 9. The first kappa shape index (κ1) is 29.0. The summed E-state index contributed by atoms with van der Waals surface area (Å²) in [6.07, 6.45) is -5.04. The minimum atomic E-state index is -1.49. The highest BCUT2D eigenvalue weighted by atomic mass is 16.7. The molecule has 7 atom stereocenters. The number of ether oxygens (including phenoxy) is 6. The van der Waals surface area contributed by atoms with E-state index in [1.54, 1.807) is 18.2 Å². The highest BCUT2D eigenvalue weighted by Gasteiger charge is 2.44. The summed E-state index contributed by atoms with van der Waals surface area (Å²) in [4.78, 5) is 0. The molecule has 2 aliphatic rings. The molecule has 1 fully saturated rings. The van der Waals surface area contributed by atoms with Crippen molar-refractivity contribution in [1.29, 1.82) is 0 Å². The van der Waals surface area contributed by atoms with Crippen LogP contribution in [0.4, 0.5) is 0 Å². The summed E-state index contributed by atoms with van der Waals surface area (Å²) in [5.41, 5.74) is 1.99. The van der Waals surface area contributed by atoms with E-state index in [2.05, 4.69) is 0 Å². The molecular formula is C27H36O12. The summed E-state index contributed by atoms with van der Waals surface area (Å²) in [6, 6.07) is 4.96. The van der Waals surface area contributed by atoms with Gasteiger partial charge in [0.05, 0.1) is 41.7 Å². The van der Waals surface area contributed by atoms with Crippen molar-refractivity contribution in [3.8, 4) is 34.5 Å². The lowest BCUT2D eigenvalue weighted by Crippen LogP contribution is -2.54. The first-order valence-corrected chi connectivity index (χ1v) is 12.5. The quantitative estimate of drug-likeness (QED) is 0.254. The molecule has 0 amide bonds. The lowest BCUT2D eigenvalue weighted by Gasteiger charge is -2.42. The Labute approximate surface area is 225 Å². The van der Waals surface area contributed by atoms with Gasteiger partial charge in [0.1, 0.15) is 18.3 Å². The fraction of sp³-hybridized carbons (Fsp3) is 0.556. The van der Waals surface area contributed by atoms with E-state index in [-0.39, 0.29) is 60.2 Å². The summed E-state index contributed by atoms with van der Waals surface area (Å²) in [6.45, 7) is -0.504. The lowest BCUT2D eigenvalue weighted by atomic mass is 9.66. The van der Waals surface area contributed by atoms with E-state index in [1.165, 1.54) is 28.4 Å². The number of fused-ring (bicyclic) bond motifs is 1. The van der Waals surface area contributed by atoms with Gasteiger partial charge in [-0.2, -0.15) is 0 Å². The molecule has 1 aliphatic heterocycles. The zero-order valence-electron chi connectivity index (χ0n) is 22.2. The molecule has 4 rings (SSSR count). The molecule has 0 radical (unpaired) electrons. The van der Waals surface area contributed by atoms with Gasteiger partial charge in [0.15, 0.2) is 29.3 Å². The Balaban J connectivity index is 1.86. The number of phenols is 2. The standard InChI is InChI=1S/C27H36O12/c1-34-17-7-13(8-18(35-2)23(17)31)20-15(10-38-27-25(33)22(30)16(29)11-39-27)14(9-28)5-12-6-19(36-3)24(32)26(37-4)21(12)20/h6-8,14-16,20,22,25,27-33H,5,9-11H2,1-4H3/t14-,15-,16-,20-,22-,25+,27+/m0/s1. The number of phenolic OH excluding ortho intramolecular Hbond substituents is 2. The van der Waals surface area contributed by atoms with Crippen molar-refractivity contribution in [1.82, 2.24) is 0 Å². The maximum Gasteiger partial charge on any atom is 0.201 e. The smallest absolute Gasteiger partial charge is 0.201 e. The molecule has 0 spiro atoms. The van der Waals surface area contributed by atoms with Gasteiger partial charge in [-0.25, -0.2) is 0 Å². The zero-order chi connectivity index (χ0) is 28.4. The van der Waals surface area contributed by atoms with Crippen LogP contribution in [0.5, 0.6) is 34.5 Å². The second kappa shape index (κ2) is 12.0. The zero-order valence-corrected chi connectivity index (χ0v) is 22.2. The molecule has 1 saturated heterocycles. The fourth-order valence-corrected chi connectivity index (χ4v) is 5.55. The van der Waals surface area contributed by atoms with E-state index in [4.69, 9.17) is 28.4 Å². The van der Waals surface area contributed by atoms with Crippen LogP contribution in [0.15, 0.2) is 18.2 Å². The highest BCUT2D eigenvalue weighted by molar-refractivity contribution is 5.64. The molecule has 0 saturated carbocycles. The Kier molecular flexibility index (Phi) is 8.94. The van der Waals surface area contributed by atoms with Crippen LogP contribution in [0.2, 0.25) is 0 Å². The predicted molar refractivity (Wildman–Crippen MR) is 136 cm³/mol. The summed E-state index contributed by atoms with van der Waals surface area (Å²) in [5, 5.41) is 62.3. The first-order chi connectivity index (χ1) is 18.7. The molecule has 12 nitrogen and oxygen atoms in total. The topological polar surface area (TPSA) is 177 Å². The molecule has 6 N–H and O–H groups in total. The third-order valence-electron chi connectivity index (χ3n) is 7.60. The van der Waals surface area contributed by atoms with Crippen LogP contribution in [-0.2, 0) is 15.9 Å². The largest absolute Gasteiger partial charge is 0.502 e. The van der Waals surface area contributed by atoms with E-state index in [1.807, 2.05) is 0 Å². The minimum Gasteiger partial charge on any atom is -0.502 e. The van der Waals surface area contributed by atoms with Gasteiger partial charge in [0.25, 0.3) is 0 Å². The summed E-state index contributed by atoms with van der Waals surface area (Å²) >= 11 is 0. The number of hydrogen-bond acceptors (Lipinski definition) is 12. The summed E-state index contributed by atoms with van der Waals surface area (Å²) in [7, 11) is 5.66. The third-order valence-corrected chi connectivity index (χ3v) is 7.60. The van der Waals surface area contributed by atoms with Crippen molar-refractivity contribution in [2.45, 2.75) is 36.9 Å². The summed E-state index contributed by atoms with van der Waals surface area (Å²) < 4.78 is 33.2. The Morgan fingerprint density at radius 2 is 1.46 bits per heavy atom. The normalized spacial score (nSPS) is 28.5. The third kappa shape index (κ3) is 5.28. The van der Waals surface area contributed by atoms with Gasteiger partial charge < -0.3 is 59.1 Å². The highest BCUT2D eigenvalue weighted by Crippen LogP contribution is 2.54. The van der Waals surface area contributed by atoms with Crippen molar-refractivity contribution in [2.24, 2.45) is 11.8 Å². The van der Waals surface area contributed by atoms with E-state index in [9.17, 15) is 30.6 Å². The van der Waals surface area contributed by atoms with Gasteiger partial charge in [-0.3, -0.25) is 0 Å². The average Bonchev–Trinajstić information content (AvgIpc) is 2.94. The molecule has 0 unspecified atom stereocenters. The van der Waals surface area contributed by atoms with Gasteiger partial charge >= 0.3 is 0 Å². The van der Waals surface area contributed by atoms with Crippen LogP contribution in [0.25, 0.3) is 0 Å². The van der Waals surface area contributed by atoms with Gasteiger partial charge in [0.2, 0.25) is 11.5 Å². The lowest BCUT2D eigenvalue weighted by molar-refractivity contribution is -0.274. The van der Waals surface area contributed by atoms with E-state index in [0.717, 1.165) is 5.56 Å². The molecule has 216 valence electrons. The number of aliphatic hydroxyl groups is 4. The molecule has 2 aromatic rings. The Bertz CT molecular complexity index is 1130. The molecular weight excluding hydrogens is 516 g/mol. The second-order valence-electron chi connectivity index (χ2n) is 9.68. The molecule has 1 heterocycles. The molecule has 39 heavy (non-hydrogen) atoms. The Morgan fingerprint density at radius 1 is 0.846 bits per heavy atom. The van der Waals surface area contributed by atoms with Crippen LogP contribution < -0.4 is 18.9 Å². The van der Waals surface area contributed by atoms with Crippen LogP contribution >= 0.6 is 0 Å². The van der Waals surface area contributed by atoms with Crippen LogP contribution in [0, 0.1) is 11.8 Å². The van der Waals surface area contributed by atoms with Gasteiger partial charge in [-0.15, -0.1) is 0 Å². The molecule has 0 aromatic heterocycles. The van der Waals surface area contributed by atoms with Crippen molar-refractivity contribution >= 4 is 0 Å². The monoisotopic (exact) mass is 552 g/mol. The average molecular weight is 553 g/mol. The van der Waals surface area contributed by atoms with E-state index >= 15 is 0 Å². The van der Waals surface area contributed by atoms with Gasteiger partial charge in [0, 0.05) is 18.1 Å². The van der Waals surface area contributed by atoms with E-state index in [0.29, 0.717) is 17.5 Å². The van der Waals surface area contributed by atoms with E-state index < -0.39 is 36.4 Å². The number of hydrogen-bond donors (Lipinski definition) is 6. The van der Waals surface area contributed by atoms with Crippen molar-refractivity contribution in [3.63, 3.8) is 0 Å². The minimum absolute atomic E-state index is 0.0542. The number of methoxy groups -OCH3 is 4. The molecule has 2 aromatic carbocycles. The first-order valence-electron chi connectivity index (χ1n) is 12.5. The maximum absolute atomic E-state index is 11.0. The maximum atomic E-state index is 11.0. The SMILES string of the molecule is COc1cc([C@@H]2c3c(cc(OC)c(O)c3OC)C[C@@H](CO)[C@@H]2CO[C@@H]2OC[C@H](O)[C@H](O)[C@H]2O)cc(OC)c1O. The van der Waals surface area contributed by atoms with Gasteiger partial charge in [-0.1, -0.05) is 0 Å². The van der Waals surface area contributed by atoms with Gasteiger partial charge in [-0.05, 0) is 47.6 Å². The van der Waals surface area contributed by atoms with Crippen molar-refractivity contribution < 1.29 is 59.1 Å². The Hall–Kier alpha value is -3.00. The molecule has 1 aliphatic carbocycles. The van der Waals surface area contributed by atoms with Crippen LogP contribution in [0.3, 0.4) is 0 Å². The predicted octanol–water partition coefficient (Wildman–Crippen LogP) is 0.500. The summed E-state index contributed by atoms with van der Waals surface area (Å²) in [5.74, 6) is -1.16. The Morgan fingerprint density at radius 3 is 2.03 bits per heavy atom. The molecule has 0 bridgehead atoms. The van der Waals surface area contributed by atoms with Crippen LogP contribution in [-0.4, -0.2) is 104 Å². The number of benzene rings is 2. The second-order valence-corrected chi connectivity index (χ2v) is 9.68. The van der Waals surface area contributed by atoms with Crippen molar-refractivity contribution in [3.05, 3.63) is 34.9 Å². The number of aliphatic hydroxyl groups excluding tert-OH is 4. The van der Waals surface area contributed by atoms with Crippen LogP contribution in [0.1, 0.15) is 22.6 Å².